The Morgan fingerprint density at radius 1 is 1.50 bits per heavy atom. The summed E-state index contributed by atoms with van der Waals surface area (Å²) in [6.45, 7) is -0.188. The quantitative estimate of drug-likeness (QED) is 0.756. The van der Waals surface area contributed by atoms with Gasteiger partial charge in [0.05, 0.1) is 17.9 Å². The highest BCUT2D eigenvalue weighted by Gasteiger charge is 2.05. The molecule has 1 aromatic carbocycles. The first-order valence-electron chi connectivity index (χ1n) is 3.67. The van der Waals surface area contributed by atoms with Gasteiger partial charge in [0.15, 0.2) is 0 Å². The van der Waals surface area contributed by atoms with Crippen LogP contribution in [0, 0.1) is 5.82 Å². The minimum atomic E-state index is -3.50. The van der Waals surface area contributed by atoms with Crippen molar-refractivity contribution in [3.63, 3.8) is 0 Å². The van der Waals surface area contributed by atoms with E-state index in [2.05, 4.69) is 4.18 Å². The van der Waals surface area contributed by atoms with E-state index in [9.17, 15) is 12.8 Å². The van der Waals surface area contributed by atoms with Gasteiger partial charge in [-0.3, -0.25) is 4.18 Å². The van der Waals surface area contributed by atoms with Gasteiger partial charge in [0, 0.05) is 0 Å². The molecule has 3 nitrogen and oxygen atoms in total. The molecule has 0 aliphatic rings. The molecule has 0 aliphatic heterocycles. The Kier molecular flexibility index (Phi) is 3.47. The largest absolute Gasteiger partial charge is 0.265 e. The maximum absolute atomic E-state index is 12.9. The zero-order valence-corrected chi connectivity index (χ0v) is 8.90. The van der Waals surface area contributed by atoms with Crippen LogP contribution in [0.15, 0.2) is 18.2 Å². The summed E-state index contributed by atoms with van der Waals surface area (Å²) in [5.41, 5.74) is 0.414. The lowest BCUT2D eigenvalue weighted by Crippen LogP contribution is -2.02. The van der Waals surface area contributed by atoms with Gasteiger partial charge in [-0.15, -0.1) is 0 Å². The van der Waals surface area contributed by atoms with E-state index < -0.39 is 15.9 Å². The van der Waals surface area contributed by atoms with Crippen LogP contribution in [-0.2, 0) is 20.9 Å². The van der Waals surface area contributed by atoms with Gasteiger partial charge in [-0.25, -0.2) is 4.39 Å². The van der Waals surface area contributed by atoms with Crippen molar-refractivity contribution in [1.29, 1.82) is 0 Å². The molecule has 1 aromatic rings. The van der Waals surface area contributed by atoms with Gasteiger partial charge in [-0.05, 0) is 17.7 Å². The highest BCUT2D eigenvalue weighted by atomic mass is 35.5. The zero-order chi connectivity index (χ0) is 10.8. The van der Waals surface area contributed by atoms with E-state index in [-0.39, 0.29) is 11.6 Å². The fourth-order valence-electron chi connectivity index (χ4n) is 0.804. The SMILES string of the molecule is CS(=O)(=O)OCc1ccc(Cl)c(F)c1. The maximum atomic E-state index is 12.9. The van der Waals surface area contributed by atoms with E-state index >= 15 is 0 Å². The lowest BCUT2D eigenvalue weighted by molar-refractivity contribution is 0.311. The van der Waals surface area contributed by atoms with Crippen molar-refractivity contribution in [2.75, 3.05) is 6.26 Å². The monoisotopic (exact) mass is 238 g/mol. The van der Waals surface area contributed by atoms with Crippen molar-refractivity contribution in [3.8, 4) is 0 Å². The Morgan fingerprint density at radius 3 is 2.64 bits per heavy atom. The van der Waals surface area contributed by atoms with Crippen LogP contribution in [0.1, 0.15) is 5.56 Å². The maximum Gasteiger partial charge on any atom is 0.264 e. The molecule has 0 fully saturated rings. The van der Waals surface area contributed by atoms with Crippen molar-refractivity contribution in [2.45, 2.75) is 6.61 Å². The average molecular weight is 239 g/mol. The normalized spacial score (nSPS) is 11.6. The van der Waals surface area contributed by atoms with Gasteiger partial charge >= 0.3 is 0 Å². The topological polar surface area (TPSA) is 43.4 Å². The molecule has 0 aliphatic carbocycles. The molecule has 0 atom stereocenters. The highest BCUT2D eigenvalue weighted by molar-refractivity contribution is 7.85. The summed E-state index contributed by atoms with van der Waals surface area (Å²) in [6, 6.07) is 3.97. The van der Waals surface area contributed by atoms with Gasteiger partial charge in [0.25, 0.3) is 10.1 Å². The number of halogens is 2. The standard InChI is InChI=1S/C8H8ClFO3S/c1-14(11,12)13-5-6-2-3-7(9)8(10)4-6/h2-4H,5H2,1H3. The molecule has 0 amide bonds. The van der Waals surface area contributed by atoms with Gasteiger partial charge in [0.1, 0.15) is 5.82 Å². The molecule has 0 N–H and O–H groups in total. The molecule has 0 aromatic heterocycles. The van der Waals surface area contributed by atoms with Crippen LogP contribution in [0.3, 0.4) is 0 Å². The number of hydrogen-bond acceptors (Lipinski definition) is 3. The molecular formula is C8H8ClFO3S. The van der Waals surface area contributed by atoms with Crippen molar-refractivity contribution in [1.82, 2.24) is 0 Å². The van der Waals surface area contributed by atoms with E-state index in [0.717, 1.165) is 12.3 Å². The first-order chi connectivity index (χ1) is 6.38. The van der Waals surface area contributed by atoms with E-state index in [4.69, 9.17) is 11.6 Å². The van der Waals surface area contributed by atoms with E-state index in [1.807, 2.05) is 0 Å². The fraction of sp³-hybridized carbons (Fsp3) is 0.250. The molecule has 0 saturated heterocycles. The average Bonchev–Trinajstić information content (AvgIpc) is 2.06. The van der Waals surface area contributed by atoms with Crippen LogP contribution in [0.4, 0.5) is 4.39 Å². The molecule has 0 bridgehead atoms. The van der Waals surface area contributed by atoms with E-state index in [0.29, 0.717) is 5.56 Å². The van der Waals surface area contributed by atoms with Crippen LogP contribution in [-0.4, -0.2) is 14.7 Å². The van der Waals surface area contributed by atoms with Crippen LogP contribution >= 0.6 is 11.6 Å². The second-order valence-corrected chi connectivity index (χ2v) is 4.77. The molecule has 0 saturated carbocycles. The minimum absolute atomic E-state index is 0.00638. The highest BCUT2D eigenvalue weighted by Crippen LogP contribution is 2.16. The van der Waals surface area contributed by atoms with Crippen LogP contribution < -0.4 is 0 Å². The molecule has 78 valence electrons. The third-order valence-electron chi connectivity index (χ3n) is 1.42. The first-order valence-corrected chi connectivity index (χ1v) is 5.86. The molecule has 6 heteroatoms. The molecule has 0 radical (unpaired) electrons. The third kappa shape index (κ3) is 3.61. The molecular weight excluding hydrogens is 231 g/mol. The second-order valence-electron chi connectivity index (χ2n) is 2.71. The predicted octanol–water partition coefficient (Wildman–Crippen LogP) is 1.96. The Morgan fingerprint density at radius 2 is 2.14 bits per heavy atom. The number of benzene rings is 1. The van der Waals surface area contributed by atoms with Gasteiger partial charge in [0.2, 0.25) is 0 Å². The Labute approximate surface area is 86.6 Å². The first kappa shape index (κ1) is 11.4. The minimum Gasteiger partial charge on any atom is -0.265 e. The Hall–Kier alpha value is -0.650. The summed E-state index contributed by atoms with van der Waals surface area (Å²) in [7, 11) is -3.50. The molecule has 0 unspecified atom stereocenters. The van der Waals surface area contributed by atoms with Crippen molar-refractivity contribution < 1.29 is 17.0 Å². The molecule has 0 spiro atoms. The second kappa shape index (κ2) is 4.25. The summed E-state index contributed by atoms with van der Waals surface area (Å²) in [4.78, 5) is 0. The van der Waals surface area contributed by atoms with E-state index in [1.165, 1.54) is 12.1 Å². The zero-order valence-electron chi connectivity index (χ0n) is 7.33. The smallest absolute Gasteiger partial charge is 0.264 e. The van der Waals surface area contributed by atoms with Gasteiger partial charge in [-0.1, -0.05) is 17.7 Å². The Balaban J connectivity index is 2.74. The predicted molar refractivity (Wildman–Crippen MR) is 51.0 cm³/mol. The summed E-state index contributed by atoms with van der Waals surface area (Å²) >= 11 is 5.44. The summed E-state index contributed by atoms with van der Waals surface area (Å²) < 4.78 is 38.6. The van der Waals surface area contributed by atoms with Crippen LogP contribution in [0.5, 0.6) is 0 Å². The van der Waals surface area contributed by atoms with Crippen LogP contribution in [0.2, 0.25) is 5.02 Å². The lowest BCUT2D eigenvalue weighted by Gasteiger charge is -2.02. The van der Waals surface area contributed by atoms with Crippen LogP contribution in [0.25, 0.3) is 0 Å². The molecule has 14 heavy (non-hydrogen) atoms. The van der Waals surface area contributed by atoms with Gasteiger partial charge < -0.3 is 0 Å². The van der Waals surface area contributed by atoms with Gasteiger partial charge in [-0.2, -0.15) is 8.42 Å². The third-order valence-corrected chi connectivity index (χ3v) is 2.28. The van der Waals surface area contributed by atoms with E-state index in [1.54, 1.807) is 0 Å². The summed E-state index contributed by atoms with van der Waals surface area (Å²) in [5, 5.41) is -0.00638. The van der Waals surface area contributed by atoms with Crippen molar-refractivity contribution in [2.24, 2.45) is 0 Å². The van der Waals surface area contributed by atoms with Crippen molar-refractivity contribution in [3.05, 3.63) is 34.6 Å². The molecule has 1 rings (SSSR count). The number of rotatable bonds is 3. The fourth-order valence-corrected chi connectivity index (χ4v) is 1.27. The lowest BCUT2D eigenvalue weighted by atomic mass is 10.2. The molecule has 0 heterocycles. The number of hydrogen-bond donors (Lipinski definition) is 0. The van der Waals surface area contributed by atoms with Crippen molar-refractivity contribution >= 4 is 21.7 Å². The Bertz CT molecular complexity index is 430. The summed E-state index contributed by atoms with van der Waals surface area (Å²) in [5.74, 6) is -0.596. The summed E-state index contributed by atoms with van der Waals surface area (Å²) in [6.07, 6.45) is 0.930.